The first kappa shape index (κ1) is 13.4. The fourth-order valence-corrected chi connectivity index (χ4v) is 5.33. The Morgan fingerprint density at radius 2 is 2.16 bits per heavy atom. The van der Waals surface area contributed by atoms with Crippen LogP contribution in [0.25, 0.3) is 0 Å². The molecule has 0 heterocycles. The van der Waals surface area contributed by atoms with Crippen LogP contribution in [0.1, 0.15) is 32.6 Å². The number of hydrogen-bond acceptors (Lipinski definition) is 4. The second-order valence-corrected chi connectivity index (χ2v) is 6.93. The molecule has 0 spiro atoms. The molecule has 0 amide bonds. The van der Waals surface area contributed by atoms with Gasteiger partial charge >= 0.3 is 5.97 Å². The Morgan fingerprint density at radius 1 is 1.42 bits per heavy atom. The summed E-state index contributed by atoms with van der Waals surface area (Å²) < 4.78 is 5.00. The Kier molecular flexibility index (Phi) is 3.13. The van der Waals surface area contributed by atoms with Crippen LogP contribution in [0.2, 0.25) is 0 Å². The third-order valence-electron chi connectivity index (χ3n) is 6.30. The third-order valence-corrected chi connectivity index (χ3v) is 6.30. The van der Waals surface area contributed by atoms with Crippen LogP contribution in [0, 0.1) is 35.0 Å². The van der Waals surface area contributed by atoms with Crippen molar-refractivity contribution in [2.75, 3.05) is 13.7 Å². The molecule has 4 nitrogen and oxygen atoms in total. The summed E-state index contributed by atoms with van der Waals surface area (Å²) in [6, 6.07) is 0. The zero-order valence-electron chi connectivity index (χ0n) is 11.7. The van der Waals surface area contributed by atoms with Crippen molar-refractivity contribution < 1.29 is 19.7 Å². The Bertz CT molecular complexity index is 382. The highest BCUT2D eigenvalue weighted by Crippen LogP contribution is 2.63. The van der Waals surface area contributed by atoms with Gasteiger partial charge in [-0.05, 0) is 36.5 Å². The lowest BCUT2D eigenvalue weighted by Crippen LogP contribution is -2.66. The highest BCUT2D eigenvalue weighted by Gasteiger charge is 2.64. The quantitative estimate of drug-likeness (QED) is 0.739. The van der Waals surface area contributed by atoms with Crippen molar-refractivity contribution in [3.8, 4) is 0 Å². The maximum Gasteiger partial charge on any atom is 0.309 e. The molecule has 0 aromatic rings. The lowest BCUT2D eigenvalue weighted by Gasteiger charge is -2.63. The number of methoxy groups -OCH3 is 1. The zero-order valence-corrected chi connectivity index (χ0v) is 11.7. The van der Waals surface area contributed by atoms with E-state index in [9.17, 15) is 15.0 Å². The fourth-order valence-electron chi connectivity index (χ4n) is 5.33. The lowest BCUT2D eigenvalue weighted by atomic mass is 9.42. The molecular formula is C15H24O4. The zero-order chi connectivity index (χ0) is 13.8. The maximum absolute atomic E-state index is 12.2. The van der Waals surface area contributed by atoms with Crippen molar-refractivity contribution in [1.29, 1.82) is 0 Å². The number of carbonyl (C=O) groups excluding carboxylic acids is 1. The molecule has 4 bridgehead atoms. The highest BCUT2D eigenvalue weighted by atomic mass is 16.5. The van der Waals surface area contributed by atoms with Gasteiger partial charge in [0.25, 0.3) is 0 Å². The molecular weight excluding hydrogens is 244 g/mol. The van der Waals surface area contributed by atoms with Crippen molar-refractivity contribution in [3.63, 3.8) is 0 Å². The Hall–Kier alpha value is -0.610. The van der Waals surface area contributed by atoms with Gasteiger partial charge in [-0.25, -0.2) is 0 Å². The Labute approximate surface area is 114 Å². The van der Waals surface area contributed by atoms with Gasteiger partial charge in [0, 0.05) is 5.41 Å². The van der Waals surface area contributed by atoms with E-state index in [1.165, 1.54) is 7.11 Å². The van der Waals surface area contributed by atoms with Gasteiger partial charge in [0.2, 0.25) is 0 Å². The molecule has 4 fully saturated rings. The number of carbonyl (C=O) groups is 1. The minimum absolute atomic E-state index is 0.0533. The summed E-state index contributed by atoms with van der Waals surface area (Å²) in [5, 5.41) is 20.5. The van der Waals surface area contributed by atoms with E-state index in [1.54, 1.807) is 0 Å². The summed E-state index contributed by atoms with van der Waals surface area (Å²) in [5.41, 5.74) is -0.548. The fraction of sp³-hybridized carbons (Fsp3) is 0.933. The highest BCUT2D eigenvalue weighted by molar-refractivity contribution is 5.74. The van der Waals surface area contributed by atoms with Crippen LogP contribution in [0.4, 0.5) is 0 Å². The van der Waals surface area contributed by atoms with Crippen molar-refractivity contribution >= 4 is 5.97 Å². The number of aliphatic hydroxyl groups excluding tert-OH is 2. The molecule has 0 radical (unpaired) electrons. The van der Waals surface area contributed by atoms with Gasteiger partial charge in [0.1, 0.15) is 0 Å². The largest absolute Gasteiger partial charge is 0.469 e. The van der Waals surface area contributed by atoms with Gasteiger partial charge in [-0.3, -0.25) is 4.79 Å². The van der Waals surface area contributed by atoms with Gasteiger partial charge in [0.05, 0.1) is 25.7 Å². The molecule has 0 unspecified atom stereocenters. The smallest absolute Gasteiger partial charge is 0.309 e. The third kappa shape index (κ3) is 1.62. The van der Waals surface area contributed by atoms with Gasteiger partial charge in [0.15, 0.2) is 0 Å². The minimum atomic E-state index is -0.548. The van der Waals surface area contributed by atoms with Gasteiger partial charge in [-0.1, -0.05) is 19.8 Å². The molecule has 0 aliphatic heterocycles. The predicted molar refractivity (Wildman–Crippen MR) is 69.1 cm³/mol. The van der Waals surface area contributed by atoms with E-state index in [0.717, 1.165) is 25.7 Å². The normalized spacial score (nSPS) is 52.0. The number of esters is 1. The van der Waals surface area contributed by atoms with Crippen LogP contribution in [0.3, 0.4) is 0 Å². The van der Waals surface area contributed by atoms with Crippen molar-refractivity contribution in [2.45, 2.75) is 38.7 Å². The Morgan fingerprint density at radius 3 is 2.79 bits per heavy atom. The van der Waals surface area contributed by atoms with Crippen molar-refractivity contribution in [2.24, 2.45) is 35.0 Å². The molecule has 7 atom stereocenters. The lowest BCUT2D eigenvalue weighted by molar-refractivity contribution is -0.228. The second-order valence-electron chi connectivity index (χ2n) is 6.93. The molecule has 0 aromatic carbocycles. The van der Waals surface area contributed by atoms with Crippen molar-refractivity contribution in [3.05, 3.63) is 0 Å². The van der Waals surface area contributed by atoms with E-state index in [-0.39, 0.29) is 36.2 Å². The summed E-state index contributed by atoms with van der Waals surface area (Å²) in [5.74, 6) is 0.720. The van der Waals surface area contributed by atoms with Crippen LogP contribution in [0.5, 0.6) is 0 Å². The number of aliphatic hydroxyl groups is 2. The summed E-state index contributed by atoms with van der Waals surface area (Å²) in [6.45, 7) is 1.88. The average Bonchev–Trinajstić information content (AvgIpc) is 2.42. The van der Waals surface area contributed by atoms with E-state index in [2.05, 4.69) is 0 Å². The van der Waals surface area contributed by atoms with E-state index in [1.807, 2.05) is 6.92 Å². The van der Waals surface area contributed by atoms with Gasteiger partial charge in [-0.15, -0.1) is 0 Å². The molecule has 108 valence electrons. The molecule has 4 rings (SSSR count). The van der Waals surface area contributed by atoms with Crippen LogP contribution >= 0.6 is 0 Å². The number of ether oxygens (including phenoxy) is 1. The molecule has 19 heavy (non-hydrogen) atoms. The molecule has 4 aliphatic carbocycles. The van der Waals surface area contributed by atoms with E-state index < -0.39 is 11.5 Å². The monoisotopic (exact) mass is 268 g/mol. The summed E-state index contributed by atoms with van der Waals surface area (Å²) in [7, 11) is 1.44. The van der Waals surface area contributed by atoms with Crippen molar-refractivity contribution in [1.82, 2.24) is 0 Å². The topological polar surface area (TPSA) is 66.8 Å². The first-order chi connectivity index (χ1) is 9.04. The molecule has 4 heteroatoms. The van der Waals surface area contributed by atoms with Gasteiger partial charge < -0.3 is 14.9 Å². The Balaban J connectivity index is 2.01. The maximum atomic E-state index is 12.2. The second kappa shape index (κ2) is 4.45. The number of rotatable bonds is 2. The van der Waals surface area contributed by atoms with Crippen LogP contribution in [-0.2, 0) is 9.53 Å². The molecule has 0 saturated heterocycles. The molecule has 0 aromatic heterocycles. The van der Waals surface area contributed by atoms with Crippen LogP contribution < -0.4 is 0 Å². The van der Waals surface area contributed by atoms with E-state index in [4.69, 9.17) is 4.74 Å². The van der Waals surface area contributed by atoms with Crippen LogP contribution in [-0.4, -0.2) is 36.0 Å². The standard InChI is InChI=1S/C15H24O4/c1-15(7-16)10-6-8-4-3-5-9(11(8)13(15)17)12(10)14(18)19-2/h8-13,16-17H,3-7H2,1-2H3/t8-,9-,10-,11+,12+,13-,15-/m0/s1. The van der Waals surface area contributed by atoms with E-state index in [0.29, 0.717) is 5.92 Å². The minimum Gasteiger partial charge on any atom is -0.469 e. The predicted octanol–water partition coefficient (Wildman–Crippen LogP) is 1.20. The first-order valence-corrected chi connectivity index (χ1v) is 7.41. The summed E-state index contributed by atoms with van der Waals surface area (Å²) >= 11 is 0. The van der Waals surface area contributed by atoms with Crippen LogP contribution in [0.15, 0.2) is 0 Å². The van der Waals surface area contributed by atoms with E-state index >= 15 is 0 Å². The SMILES string of the molecule is COC(=O)[C@@H]1[C@H]2CCC[C@H]3C[C@@H]1[C@](C)(CO)[C@@H](O)[C@H]32. The number of hydrogen-bond donors (Lipinski definition) is 2. The molecule has 2 N–H and O–H groups in total. The summed E-state index contributed by atoms with van der Waals surface area (Å²) in [6.07, 6.45) is 3.79. The number of fused-ring (bicyclic) bond motifs is 1. The summed E-state index contributed by atoms with van der Waals surface area (Å²) in [4.78, 5) is 12.2. The first-order valence-electron chi connectivity index (χ1n) is 7.41. The average molecular weight is 268 g/mol. The van der Waals surface area contributed by atoms with Gasteiger partial charge in [-0.2, -0.15) is 0 Å². The molecule has 4 saturated carbocycles. The molecule has 4 aliphatic rings.